The number of para-hydroxylation sites is 3. The predicted octanol–water partition coefficient (Wildman–Crippen LogP) is 13.5. The number of pyridine rings is 1. The number of hydrogen-bond acceptors (Lipinski definition) is 4. The van der Waals surface area contributed by atoms with Gasteiger partial charge >= 0.3 is 0 Å². The first-order chi connectivity index (χ1) is 27.8. The summed E-state index contributed by atoms with van der Waals surface area (Å²) in [6.45, 7) is 14.5. The Bertz CT molecular complexity index is 2820. The molecule has 8 aromatic rings. The molecule has 0 aliphatic carbocycles. The molecule has 5 nitrogen and oxygen atoms in total. The van der Waals surface area contributed by atoms with Gasteiger partial charge in [-0.25, -0.2) is 4.98 Å². The van der Waals surface area contributed by atoms with Crippen molar-refractivity contribution in [3.8, 4) is 28.4 Å². The molecule has 288 valence electrons. The minimum atomic E-state index is -1.12. The number of ether oxygens (including phenoxy) is 1. The molecule has 0 bridgehead atoms. The van der Waals surface area contributed by atoms with Gasteiger partial charge in [-0.3, -0.25) is 0 Å². The Morgan fingerprint density at radius 2 is 1.37 bits per heavy atom. The van der Waals surface area contributed by atoms with Crippen LogP contribution >= 0.6 is 0 Å². The maximum Gasteiger partial charge on any atom is 0.135 e. The molecule has 0 N–H and O–H groups in total. The van der Waals surface area contributed by atoms with Crippen LogP contribution in [0.5, 0.6) is 11.5 Å². The van der Waals surface area contributed by atoms with Gasteiger partial charge in [-0.2, -0.15) is 6.07 Å². The molecule has 2 aromatic heterocycles. The first-order valence-electron chi connectivity index (χ1n) is 20.2. The second-order valence-electron chi connectivity index (χ2n) is 16.5. The topological polar surface area (TPSA) is 33.5 Å². The Kier molecular flexibility index (Phi) is 9.22. The van der Waals surface area contributed by atoms with Gasteiger partial charge in [-0.05, 0) is 76.2 Å². The molecule has 0 fully saturated rings. The van der Waals surface area contributed by atoms with E-state index < -0.39 is 6.88 Å². The van der Waals surface area contributed by atoms with Crippen molar-refractivity contribution in [2.75, 3.05) is 9.80 Å². The van der Waals surface area contributed by atoms with E-state index in [4.69, 9.17) is 7.48 Å². The average Bonchev–Trinajstić information content (AvgIpc) is 3.76. The summed E-state index contributed by atoms with van der Waals surface area (Å²) in [6, 6.07) is 53.1. The summed E-state index contributed by atoms with van der Waals surface area (Å²) in [4.78, 5) is 9.19. The fourth-order valence-corrected chi connectivity index (χ4v) is 7.76. The van der Waals surface area contributed by atoms with Crippen molar-refractivity contribution in [1.82, 2.24) is 9.55 Å². The van der Waals surface area contributed by atoms with Gasteiger partial charge in [0.1, 0.15) is 5.82 Å². The Morgan fingerprint density at radius 1 is 0.649 bits per heavy atom. The van der Waals surface area contributed by atoms with Gasteiger partial charge in [0.25, 0.3) is 0 Å². The van der Waals surface area contributed by atoms with Crippen LogP contribution in [0, 0.1) is 25.7 Å². The number of aryl methyl sites for hydroxylation is 1. The molecule has 0 amide bonds. The smallest absolute Gasteiger partial charge is 0.135 e. The van der Waals surface area contributed by atoms with E-state index in [9.17, 15) is 0 Å². The van der Waals surface area contributed by atoms with Crippen LogP contribution in [-0.4, -0.2) is 9.55 Å². The molecule has 1 aliphatic heterocycles. The van der Waals surface area contributed by atoms with E-state index in [2.05, 4.69) is 178 Å². The maximum atomic E-state index is 8.03. The third-order valence-electron chi connectivity index (χ3n) is 10.5. The van der Waals surface area contributed by atoms with Gasteiger partial charge in [0.15, 0.2) is 0 Å². The monoisotopic (exact) mass is 926 g/mol. The van der Waals surface area contributed by atoms with Gasteiger partial charge in [0.05, 0.1) is 0 Å². The van der Waals surface area contributed by atoms with E-state index in [0.29, 0.717) is 22.9 Å². The molecule has 1 aliphatic rings. The van der Waals surface area contributed by atoms with Crippen molar-refractivity contribution in [3.63, 3.8) is 0 Å². The zero-order chi connectivity index (χ0) is 40.3. The number of fused-ring (bicyclic) bond motifs is 4. The van der Waals surface area contributed by atoms with E-state index in [0.717, 1.165) is 50.1 Å². The minimum Gasteiger partial charge on any atom is -0.509 e. The Labute approximate surface area is 353 Å². The maximum absolute atomic E-state index is 8.03. The van der Waals surface area contributed by atoms with E-state index in [1.807, 2.05) is 22.8 Å². The van der Waals surface area contributed by atoms with Crippen LogP contribution in [0.3, 0.4) is 0 Å². The third kappa shape index (κ3) is 7.04. The summed E-state index contributed by atoms with van der Waals surface area (Å²) in [7, 11) is 0. The zero-order valence-electron chi connectivity index (χ0n) is 34.9. The summed E-state index contributed by atoms with van der Waals surface area (Å²) in [5, 5.41) is 2.06. The Morgan fingerprint density at radius 3 is 2.12 bits per heavy atom. The summed E-state index contributed by atoms with van der Waals surface area (Å²) in [5.41, 5.74) is 10.9. The Hall–Kier alpha value is -5.64. The number of benzene rings is 6. The van der Waals surface area contributed by atoms with Crippen LogP contribution < -0.4 is 14.5 Å². The van der Waals surface area contributed by atoms with Crippen LogP contribution in [0.2, 0.25) is 0 Å². The minimum absolute atomic E-state index is 0. The Balaban J connectivity index is 0.00000484. The average molecular weight is 927 g/mol. The molecule has 0 atom stereocenters. The van der Waals surface area contributed by atoms with Crippen molar-refractivity contribution in [2.45, 2.75) is 59.2 Å². The summed E-state index contributed by atoms with van der Waals surface area (Å²) in [6.07, 6.45) is 1.66. The van der Waals surface area contributed by atoms with Crippen LogP contribution in [0.25, 0.3) is 38.8 Å². The summed E-state index contributed by atoms with van der Waals surface area (Å²) < 4.78 is 24.8. The molecule has 3 heterocycles. The zero-order valence-corrected chi connectivity index (χ0v) is 35.2. The number of aromatic nitrogens is 2. The predicted molar refractivity (Wildman–Crippen MR) is 232 cm³/mol. The number of hydrogen-bond donors (Lipinski definition) is 0. The van der Waals surface area contributed by atoms with Crippen LogP contribution in [0.15, 0.2) is 140 Å². The van der Waals surface area contributed by atoms with Gasteiger partial charge in [-0.1, -0.05) is 120 Å². The normalized spacial score (nSPS) is 13.5. The van der Waals surface area contributed by atoms with E-state index in [-0.39, 0.29) is 31.9 Å². The fourth-order valence-electron chi connectivity index (χ4n) is 7.76. The molecule has 6 heteroatoms. The number of nitrogens with zero attached hydrogens (tertiary/aromatic N) is 4. The van der Waals surface area contributed by atoms with Crippen LogP contribution in [0.1, 0.15) is 61.0 Å². The van der Waals surface area contributed by atoms with Crippen molar-refractivity contribution >= 4 is 44.6 Å². The van der Waals surface area contributed by atoms with E-state index in [1.54, 1.807) is 18.3 Å². The molecule has 0 radical (unpaired) electrons. The molecule has 0 saturated heterocycles. The quantitative estimate of drug-likeness (QED) is 0.156. The fraction of sp³-hybridized carbons (Fsp3) is 0.176. The molecule has 0 saturated carbocycles. The van der Waals surface area contributed by atoms with Gasteiger partial charge in [-0.15, -0.1) is 53.6 Å². The molecule has 0 unspecified atom stereocenters. The molecular formula is C51H45N4OPt-3. The second-order valence-corrected chi connectivity index (χ2v) is 16.5. The largest absolute Gasteiger partial charge is 0.509 e. The third-order valence-corrected chi connectivity index (χ3v) is 10.5. The van der Waals surface area contributed by atoms with Crippen molar-refractivity contribution in [3.05, 3.63) is 175 Å². The molecule has 0 spiro atoms. The molecular weight excluding hydrogens is 880 g/mol. The van der Waals surface area contributed by atoms with Crippen molar-refractivity contribution < 1.29 is 28.5 Å². The molecule has 57 heavy (non-hydrogen) atoms. The van der Waals surface area contributed by atoms with Crippen LogP contribution in [0.4, 0.5) is 22.7 Å². The first kappa shape index (κ1) is 35.8. The summed E-state index contributed by atoms with van der Waals surface area (Å²) in [5.74, 6) is 1.75. The first-order valence-corrected chi connectivity index (χ1v) is 19.1. The SMILES string of the molecule is [2H]C([2H])c1ccnc(-n2c3[c-]c(Oc4[c-]c(N5[CH-]N(c6cccc(C(C)(C)C)c6-c6ccccc6)c6ccccc65)cc(C(C)(C)C)c4)ccc3c3ccccc32)c1.[Pt]. The van der Waals surface area contributed by atoms with Crippen molar-refractivity contribution in [1.29, 1.82) is 0 Å². The number of anilines is 4. The molecule has 6 aromatic carbocycles. The van der Waals surface area contributed by atoms with Gasteiger partial charge < -0.3 is 19.1 Å². The van der Waals surface area contributed by atoms with Crippen molar-refractivity contribution in [2.24, 2.45) is 0 Å². The van der Waals surface area contributed by atoms with Gasteiger partial charge in [0.2, 0.25) is 0 Å². The van der Waals surface area contributed by atoms with Gasteiger partial charge in [0, 0.05) is 69.6 Å². The number of rotatable bonds is 6. The van der Waals surface area contributed by atoms with E-state index >= 15 is 0 Å². The summed E-state index contributed by atoms with van der Waals surface area (Å²) >= 11 is 0. The second kappa shape index (κ2) is 14.7. The van der Waals surface area contributed by atoms with Crippen LogP contribution in [-0.2, 0) is 31.9 Å². The molecule has 9 rings (SSSR count). The standard InChI is InChI=1S/C51H45N4O.Pt/c1-34-26-27-52-48(28-34)55-43-20-12-11-18-40(43)41-25-24-38(32-47(41)55)56-39-30-36(50(2,3)4)29-37(31-39)53-33-54(45-22-14-13-21-44(45)53)46-23-15-19-42(51(5,6)7)49(46)35-16-9-8-10-17-35;/h8-30,33H,1-7H3;/q-3;/i1D2;. The van der Waals surface area contributed by atoms with E-state index in [1.165, 1.54) is 16.7 Å².